The van der Waals surface area contributed by atoms with Crippen molar-refractivity contribution in [2.24, 2.45) is 0 Å². The van der Waals surface area contributed by atoms with Gasteiger partial charge in [0.15, 0.2) is 0 Å². The Balaban J connectivity index is 1.84. The van der Waals surface area contributed by atoms with Crippen LogP contribution >= 0.6 is 0 Å². The third-order valence-electron chi connectivity index (χ3n) is 6.43. The predicted molar refractivity (Wildman–Crippen MR) is 139 cm³/mol. The van der Waals surface area contributed by atoms with Gasteiger partial charge in [-0.25, -0.2) is 0 Å². The molecule has 0 aliphatic heterocycles. The molecule has 0 amide bonds. The first kappa shape index (κ1) is 20.3. The zero-order chi connectivity index (χ0) is 21.9. The normalized spacial score (nSPS) is 13.2. The first-order valence-corrected chi connectivity index (χ1v) is 11.6. The lowest BCUT2D eigenvalue weighted by atomic mass is 9.88. The summed E-state index contributed by atoms with van der Waals surface area (Å²) in [6.07, 6.45) is 9.83. The van der Waals surface area contributed by atoms with Gasteiger partial charge in [0.1, 0.15) is 0 Å². The number of allylic oxidation sites excluding steroid dienone is 4. The van der Waals surface area contributed by atoms with E-state index < -0.39 is 0 Å². The van der Waals surface area contributed by atoms with Gasteiger partial charge in [-0.1, -0.05) is 85.8 Å². The molecule has 0 heterocycles. The van der Waals surface area contributed by atoms with Gasteiger partial charge < -0.3 is 4.90 Å². The van der Waals surface area contributed by atoms with E-state index in [1.54, 1.807) is 0 Å². The van der Waals surface area contributed by atoms with E-state index in [4.69, 9.17) is 0 Å². The van der Waals surface area contributed by atoms with Crippen molar-refractivity contribution < 1.29 is 0 Å². The molecular weight excluding hydrogens is 386 g/mol. The van der Waals surface area contributed by atoms with Gasteiger partial charge in [-0.3, -0.25) is 0 Å². The predicted octanol–water partition coefficient (Wildman–Crippen LogP) is 8.75. The summed E-state index contributed by atoms with van der Waals surface area (Å²) in [5, 5.41) is 2.61. The Morgan fingerprint density at radius 1 is 0.781 bits per heavy atom. The highest BCUT2D eigenvalue weighted by Crippen LogP contribution is 2.44. The number of fused-ring (bicyclic) bond motifs is 1. The van der Waals surface area contributed by atoms with E-state index in [2.05, 4.69) is 122 Å². The fourth-order valence-corrected chi connectivity index (χ4v) is 4.88. The van der Waals surface area contributed by atoms with Crippen molar-refractivity contribution in [3.63, 3.8) is 0 Å². The molecule has 5 rings (SSSR count). The molecule has 0 saturated heterocycles. The fourth-order valence-electron chi connectivity index (χ4n) is 4.88. The molecule has 158 valence electrons. The first-order valence-electron chi connectivity index (χ1n) is 11.6. The van der Waals surface area contributed by atoms with Crippen molar-refractivity contribution in [3.8, 4) is 11.1 Å². The molecule has 1 nitrogen and oxygen atoms in total. The Hall–Kier alpha value is -3.58. The quantitative estimate of drug-likeness (QED) is 0.315. The van der Waals surface area contributed by atoms with Crippen molar-refractivity contribution in [3.05, 3.63) is 120 Å². The van der Waals surface area contributed by atoms with Gasteiger partial charge in [-0.2, -0.15) is 0 Å². The molecule has 1 aliphatic carbocycles. The van der Waals surface area contributed by atoms with E-state index in [-0.39, 0.29) is 0 Å². The summed E-state index contributed by atoms with van der Waals surface area (Å²) in [5.74, 6) is 0. The fraction of sp³-hybridized carbons (Fsp3) is 0.161. The molecule has 1 heteroatoms. The van der Waals surface area contributed by atoms with Crippen LogP contribution in [0.15, 0.2) is 109 Å². The van der Waals surface area contributed by atoms with Crippen LogP contribution in [-0.2, 0) is 6.42 Å². The molecular formula is C31H29N. The van der Waals surface area contributed by atoms with E-state index >= 15 is 0 Å². The maximum atomic E-state index is 2.47. The summed E-state index contributed by atoms with van der Waals surface area (Å²) in [7, 11) is 0. The molecule has 0 aromatic heterocycles. The van der Waals surface area contributed by atoms with E-state index in [1.807, 2.05) is 0 Å². The van der Waals surface area contributed by atoms with Crippen LogP contribution in [0.3, 0.4) is 0 Å². The van der Waals surface area contributed by atoms with E-state index in [0.717, 1.165) is 19.3 Å². The molecule has 0 unspecified atom stereocenters. The Labute approximate surface area is 191 Å². The summed E-state index contributed by atoms with van der Waals surface area (Å²) in [6.45, 7) is 4.51. The second-order valence-electron chi connectivity index (χ2n) is 8.44. The van der Waals surface area contributed by atoms with Crippen molar-refractivity contribution >= 4 is 22.1 Å². The summed E-state index contributed by atoms with van der Waals surface area (Å²) in [6, 6.07) is 30.9. The van der Waals surface area contributed by atoms with Crippen LogP contribution in [0.2, 0.25) is 0 Å². The molecule has 0 N–H and O–H groups in total. The SMILES string of the molecule is CCc1cccc(N(C2=CC=CCC2)c2ccccc2)c1-c1c(C)ccc2ccccc12. The minimum absolute atomic E-state index is 0.993. The molecule has 4 aromatic carbocycles. The smallest absolute Gasteiger partial charge is 0.0539 e. The number of hydrogen-bond acceptors (Lipinski definition) is 1. The van der Waals surface area contributed by atoms with Crippen LogP contribution in [0.4, 0.5) is 11.4 Å². The van der Waals surface area contributed by atoms with Gasteiger partial charge in [0.25, 0.3) is 0 Å². The molecule has 0 saturated carbocycles. The molecule has 32 heavy (non-hydrogen) atoms. The van der Waals surface area contributed by atoms with Gasteiger partial charge in [-0.05, 0) is 77.9 Å². The van der Waals surface area contributed by atoms with Gasteiger partial charge in [-0.15, -0.1) is 0 Å². The summed E-state index contributed by atoms with van der Waals surface area (Å²) >= 11 is 0. The topological polar surface area (TPSA) is 3.24 Å². The number of hydrogen-bond donors (Lipinski definition) is 0. The molecule has 0 atom stereocenters. The van der Waals surface area contributed by atoms with Crippen molar-refractivity contribution in [2.75, 3.05) is 4.90 Å². The average molecular weight is 416 g/mol. The molecule has 0 fully saturated rings. The van der Waals surface area contributed by atoms with Crippen LogP contribution in [-0.4, -0.2) is 0 Å². The van der Waals surface area contributed by atoms with Crippen LogP contribution < -0.4 is 4.90 Å². The lowest BCUT2D eigenvalue weighted by Gasteiger charge is -2.32. The number of benzene rings is 4. The Bertz CT molecular complexity index is 1310. The van der Waals surface area contributed by atoms with Crippen LogP contribution in [0, 0.1) is 6.92 Å². The van der Waals surface area contributed by atoms with E-state index in [9.17, 15) is 0 Å². The lowest BCUT2D eigenvalue weighted by Crippen LogP contribution is -2.18. The number of aryl methyl sites for hydroxylation is 2. The zero-order valence-electron chi connectivity index (χ0n) is 18.9. The molecule has 0 radical (unpaired) electrons. The highest BCUT2D eigenvalue weighted by atomic mass is 15.2. The Morgan fingerprint density at radius 3 is 2.38 bits per heavy atom. The number of para-hydroxylation sites is 1. The highest BCUT2D eigenvalue weighted by Gasteiger charge is 2.22. The minimum Gasteiger partial charge on any atom is -0.314 e. The average Bonchev–Trinajstić information content (AvgIpc) is 2.86. The summed E-state index contributed by atoms with van der Waals surface area (Å²) in [5.41, 5.74) is 9.21. The third kappa shape index (κ3) is 3.65. The first-order chi connectivity index (χ1) is 15.8. The summed E-state index contributed by atoms with van der Waals surface area (Å²) < 4.78 is 0. The maximum Gasteiger partial charge on any atom is 0.0539 e. The van der Waals surface area contributed by atoms with Crippen molar-refractivity contribution in [1.82, 2.24) is 0 Å². The molecule has 0 spiro atoms. The number of nitrogens with zero attached hydrogens (tertiary/aromatic N) is 1. The van der Waals surface area contributed by atoms with Crippen molar-refractivity contribution in [1.29, 1.82) is 0 Å². The second kappa shape index (κ2) is 8.88. The maximum absolute atomic E-state index is 2.47. The highest BCUT2D eigenvalue weighted by molar-refractivity contribution is 6.03. The zero-order valence-corrected chi connectivity index (χ0v) is 18.9. The minimum atomic E-state index is 0.993. The number of anilines is 2. The van der Waals surface area contributed by atoms with Gasteiger partial charge in [0.05, 0.1) is 5.69 Å². The lowest BCUT2D eigenvalue weighted by molar-refractivity contribution is 0.917. The second-order valence-corrected chi connectivity index (χ2v) is 8.44. The van der Waals surface area contributed by atoms with Gasteiger partial charge >= 0.3 is 0 Å². The number of rotatable bonds is 5. The van der Waals surface area contributed by atoms with E-state index in [0.29, 0.717) is 0 Å². The van der Waals surface area contributed by atoms with Crippen molar-refractivity contribution in [2.45, 2.75) is 33.1 Å². The Morgan fingerprint density at radius 2 is 1.59 bits per heavy atom. The van der Waals surface area contributed by atoms with Crippen LogP contribution in [0.25, 0.3) is 21.9 Å². The van der Waals surface area contributed by atoms with Gasteiger partial charge in [0, 0.05) is 16.9 Å². The Kier molecular flexibility index (Phi) is 5.64. The summed E-state index contributed by atoms with van der Waals surface area (Å²) in [4.78, 5) is 2.47. The molecule has 1 aliphatic rings. The van der Waals surface area contributed by atoms with Crippen LogP contribution in [0.5, 0.6) is 0 Å². The third-order valence-corrected chi connectivity index (χ3v) is 6.43. The monoisotopic (exact) mass is 415 g/mol. The molecule has 0 bridgehead atoms. The van der Waals surface area contributed by atoms with E-state index in [1.165, 1.54) is 50.1 Å². The van der Waals surface area contributed by atoms with Crippen LogP contribution in [0.1, 0.15) is 30.9 Å². The largest absolute Gasteiger partial charge is 0.314 e. The molecule has 4 aromatic rings. The van der Waals surface area contributed by atoms with Gasteiger partial charge in [0.2, 0.25) is 0 Å². The standard InChI is InChI=1S/C31H29N/c1-3-24-14-12-20-29(31(24)30-23(2)21-22-25-13-10-11-19-28(25)30)32(26-15-6-4-7-16-26)27-17-8-5-9-18-27/h4-8,10-17,19-22H,3,9,18H2,1-2H3.